The second kappa shape index (κ2) is 9.85. The van der Waals surface area contributed by atoms with Crippen LogP contribution in [-0.2, 0) is 32.7 Å². The Morgan fingerprint density at radius 1 is 0.943 bits per heavy atom. The number of ether oxygens (including phenoxy) is 1. The number of halogens is 5. The van der Waals surface area contributed by atoms with Gasteiger partial charge < -0.3 is 4.74 Å². The van der Waals surface area contributed by atoms with Crippen molar-refractivity contribution >= 4 is 0 Å². The zero-order valence-corrected chi connectivity index (χ0v) is 20.8. The van der Waals surface area contributed by atoms with Crippen LogP contribution in [0.1, 0.15) is 30.8 Å². The van der Waals surface area contributed by atoms with Gasteiger partial charge in [0.2, 0.25) is 0 Å². The van der Waals surface area contributed by atoms with E-state index in [9.17, 15) is 22.0 Å². The van der Waals surface area contributed by atoms with E-state index >= 15 is 0 Å². The topological polar surface area (TPSA) is 52.8 Å². The predicted molar refractivity (Wildman–Crippen MR) is 112 cm³/mol. The van der Waals surface area contributed by atoms with Gasteiger partial charge in [0.1, 0.15) is 17.6 Å². The molecule has 0 amide bonds. The van der Waals surface area contributed by atoms with E-state index in [2.05, 4.69) is 27.2 Å². The molecule has 0 aliphatic carbocycles. The normalized spacial score (nSPS) is 11.8. The van der Waals surface area contributed by atoms with E-state index < -0.39 is 29.1 Å². The van der Waals surface area contributed by atoms with Crippen molar-refractivity contribution in [2.45, 2.75) is 25.4 Å². The Balaban J connectivity index is 0.00000342. The van der Waals surface area contributed by atoms with Gasteiger partial charge in [0.25, 0.3) is 0 Å². The Morgan fingerprint density at radius 2 is 1.69 bits per heavy atom. The molecule has 3 aromatic heterocycles. The molecule has 4 rings (SSSR count). The summed E-state index contributed by atoms with van der Waals surface area (Å²) in [6.07, 6.45) is -2.87. The summed E-state index contributed by atoms with van der Waals surface area (Å²) in [6, 6.07) is 13.9. The van der Waals surface area contributed by atoms with Gasteiger partial charge in [-0.15, -0.1) is 12.1 Å². The van der Waals surface area contributed by atoms with E-state index in [0.29, 0.717) is 22.8 Å². The van der Waals surface area contributed by atoms with Gasteiger partial charge >= 0.3 is 27.2 Å². The Hall–Kier alpha value is -3.13. The number of pyridine rings is 2. The molecule has 35 heavy (non-hydrogen) atoms. The number of nitrogens with zero attached hydrogens (tertiary/aromatic N) is 4. The molecule has 184 valence electrons. The van der Waals surface area contributed by atoms with Crippen LogP contribution in [-0.4, -0.2) is 26.9 Å². The zero-order valence-electron chi connectivity index (χ0n) is 18.5. The number of benzene rings is 1. The van der Waals surface area contributed by atoms with Crippen molar-refractivity contribution in [2.24, 2.45) is 0 Å². The molecule has 0 atom stereocenters. The minimum absolute atomic E-state index is 0. The van der Waals surface area contributed by atoms with Crippen LogP contribution in [0.2, 0.25) is 0 Å². The molecule has 0 radical (unpaired) electrons. The smallest absolute Gasteiger partial charge is 0.497 e. The summed E-state index contributed by atoms with van der Waals surface area (Å²) >= 11 is 0. The standard InChI is InChI=1S/C24H17F5N4O.Pt/c1-23(2,19-10-11-33(32-19)15-6-4-14(5-7-15)24(27,28)29)20-13-16(34-3)12-18(30-20)17-8-9-21(25)31-22(17)26;/h4-6,9-13H,1-3H3;/q-2;+2. The van der Waals surface area contributed by atoms with E-state index in [4.69, 9.17) is 4.74 Å². The van der Waals surface area contributed by atoms with Crippen LogP contribution < -0.4 is 4.74 Å². The van der Waals surface area contributed by atoms with Gasteiger partial charge in [-0.1, -0.05) is 17.2 Å². The van der Waals surface area contributed by atoms with E-state index in [1.165, 1.54) is 23.9 Å². The van der Waals surface area contributed by atoms with Crippen LogP contribution in [0.3, 0.4) is 0 Å². The molecule has 3 heterocycles. The first-order valence-electron chi connectivity index (χ1n) is 9.95. The maximum Gasteiger partial charge on any atom is 2.00 e. The molecular formula is C24H17F5N4OPt. The number of methoxy groups -OCH3 is 1. The Morgan fingerprint density at radius 3 is 2.29 bits per heavy atom. The van der Waals surface area contributed by atoms with Gasteiger partial charge in [-0.25, -0.2) is 8.78 Å². The summed E-state index contributed by atoms with van der Waals surface area (Å²) in [5.41, 5.74) is -0.301. The van der Waals surface area contributed by atoms with Gasteiger partial charge in [-0.3, -0.25) is 14.6 Å². The molecule has 0 aliphatic heterocycles. The number of aromatic nitrogens is 4. The van der Waals surface area contributed by atoms with E-state index in [1.54, 1.807) is 18.3 Å². The summed E-state index contributed by atoms with van der Waals surface area (Å²) in [6.45, 7) is 3.65. The number of hydrogen-bond donors (Lipinski definition) is 0. The molecule has 0 saturated carbocycles. The van der Waals surface area contributed by atoms with Gasteiger partial charge in [0, 0.05) is 18.0 Å². The quantitative estimate of drug-likeness (QED) is 0.159. The third kappa shape index (κ3) is 5.42. The third-order valence-corrected chi connectivity index (χ3v) is 5.28. The molecule has 0 fully saturated rings. The second-order valence-corrected chi connectivity index (χ2v) is 7.90. The van der Waals surface area contributed by atoms with Crippen molar-refractivity contribution in [3.05, 3.63) is 89.6 Å². The third-order valence-electron chi connectivity index (χ3n) is 5.28. The van der Waals surface area contributed by atoms with Crippen molar-refractivity contribution in [3.8, 4) is 22.7 Å². The molecule has 0 aliphatic rings. The molecule has 1 aromatic carbocycles. The number of alkyl halides is 3. The fourth-order valence-corrected chi connectivity index (χ4v) is 3.28. The van der Waals surface area contributed by atoms with Crippen molar-refractivity contribution < 1.29 is 47.8 Å². The largest absolute Gasteiger partial charge is 2.00 e. The van der Waals surface area contributed by atoms with E-state index in [0.717, 1.165) is 18.2 Å². The van der Waals surface area contributed by atoms with E-state index in [-0.39, 0.29) is 32.3 Å². The Labute approximate surface area is 212 Å². The molecular weight excluding hydrogens is 650 g/mol. The number of rotatable bonds is 5. The van der Waals surface area contributed by atoms with Gasteiger partial charge in [0.05, 0.1) is 18.2 Å². The van der Waals surface area contributed by atoms with Crippen molar-refractivity contribution in [1.82, 2.24) is 19.7 Å². The molecule has 4 aromatic rings. The molecule has 0 unspecified atom stereocenters. The first kappa shape index (κ1) is 26.5. The van der Waals surface area contributed by atoms with E-state index in [1.807, 2.05) is 13.8 Å². The summed E-state index contributed by atoms with van der Waals surface area (Å²) in [7, 11) is 1.44. The SMILES string of the molecule is COc1cc(-c2[c-]cc(F)nc2F)nc(C(C)(C)c2ccn(-c3[c-]cc(C(F)(F)F)cc3)n2)c1.[Pt+2]. The predicted octanol–water partition coefficient (Wildman–Crippen LogP) is 5.56. The summed E-state index contributed by atoms with van der Waals surface area (Å²) in [5.74, 6) is -1.69. The molecule has 5 nitrogen and oxygen atoms in total. The maximum atomic E-state index is 14.3. The number of hydrogen-bond acceptors (Lipinski definition) is 4. The summed E-state index contributed by atoms with van der Waals surface area (Å²) in [4.78, 5) is 7.69. The minimum atomic E-state index is -4.46. The first-order chi connectivity index (χ1) is 16.0. The van der Waals surface area contributed by atoms with Gasteiger partial charge in [-0.05, 0) is 37.4 Å². The molecule has 0 bridgehead atoms. The maximum absolute atomic E-state index is 14.3. The zero-order chi connectivity index (χ0) is 24.7. The molecule has 0 N–H and O–H groups in total. The summed E-state index contributed by atoms with van der Waals surface area (Å²) < 4.78 is 72.7. The van der Waals surface area contributed by atoms with Crippen LogP contribution in [0.5, 0.6) is 5.75 Å². The second-order valence-electron chi connectivity index (χ2n) is 7.90. The molecule has 0 saturated heterocycles. The first-order valence-corrected chi connectivity index (χ1v) is 9.95. The van der Waals surface area contributed by atoms with Crippen LogP contribution in [0.4, 0.5) is 22.0 Å². The van der Waals surface area contributed by atoms with Crippen LogP contribution in [0.25, 0.3) is 16.9 Å². The van der Waals surface area contributed by atoms with Crippen molar-refractivity contribution in [1.29, 1.82) is 0 Å². The summed E-state index contributed by atoms with van der Waals surface area (Å²) in [5, 5.41) is 4.49. The van der Waals surface area contributed by atoms with Crippen LogP contribution >= 0.6 is 0 Å². The Bertz CT molecular complexity index is 1340. The van der Waals surface area contributed by atoms with Crippen LogP contribution in [0, 0.1) is 24.0 Å². The Kier molecular flexibility index (Phi) is 7.45. The molecule has 11 heteroatoms. The minimum Gasteiger partial charge on any atom is -0.497 e. The average molecular weight is 667 g/mol. The average Bonchev–Trinajstić information content (AvgIpc) is 3.29. The fraction of sp³-hybridized carbons (Fsp3) is 0.208. The van der Waals surface area contributed by atoms with Crippen LogP contribution in [0.15, 0.2) is 48.7 Å². The fourth-order valence-electron chi connectivity index (χ4n) is 3.28. The van der Waals surface area contributed by atoms with Gasteiger partial charge in [0.15, 0.2) is 0 Å². The molecule has 0 spiro atoms. The monoisotopic (exact) mass is 667 g/mol. The van der Waals surface area contributed by atoms with Gasteiger partial charge in [-0.2, -0.15) is 36.5 Å². The van der Waals surface area contributed by atoms with Crippen molar-refractivity contribution in [3.63, 3.8) is 0 Å². The van der Waals surface area contributed by atoms with Crippen molar-refractivity contribution in [2.75, 3.05) is 7.11 Å².